The van der Waals surface area contributed by atoms with Crippen LogP contribution in [0, 0.1) is 11.8 Å². The highest BCUT2D eigenvalue weighted by molar-refractivity contribution is 6.02. The highest BCUT2D eigenvalue weighted by atomic mass is 35.5. The third-order valence-corrected chi connectivity index (χ3v) is 12.5. The summed E-state index contributed by atoms with van der Waals surface area (Å²) in [6, 6.07) is -0.901. The fourth-order valence-electron chi connectivity index (χ4n) is 8.38. The molecule has 78 heavy (non-hydrogen) atoms. The number of nitrogens with one attached hydrogen (secondary N) is 10. The minimum absolute atomic E-state index is 0. The number of amides is 10. The van der Waals surface area contributed by atoms with Gasteiger partial charge in [0.25, 0.3) is 5.91 Å². The van der Waals surface area contributed by atoms with Crippen LogP contribution in [-0.4, -0.2) is 169 Å². The third-order valence-electron chi connectivity index (χ3n) is 12.5. The Labute approximate surface area is 460 Å². The topological polar surface area (TPSA) is 436 Å². The highest BCUT2D eigenvalue weighted by Gasteiger charge is 2.37. The lowest BCUT2D eigenvalue weighted by atomic mass is 9.99. The zero-order valence-electron chi connectivity index (χ0n) is 45.2. The van der Waals surface area contributed by atoms with Crippen molar-refractivity contribution in [3.8, 4) is 0 Å². The average molecular weight is 1120 g/mol. The molecule has 1 aliphatic rings. The summed E-state index contributed by atoms with van der Waals surface area (Å²) in [4.78, 5) is 139. The van der Waals surface area contributed by atoms with Crippen LogP contribution in [0.3, 0.4) is 0 Å². The molecule has 0 aromatic heterocycles. The molecule has 1 saturated heterocycles. The highest BCUT2D eigenvalue weighted by Crippen LogP contribution is 2.17. The summed E-state index contributed by atoms with van der Waals surface area (Å²) in [5, 5.41) is 48.6. The van der Waals surface area contributed by atoms with E-state index in [1.165, 1.54) is 13.8 Å². The number of nitrogens with two attached hydrogens (primary N) is 4. The summed E-state index contributed by atoms with van der Waals surface area (Å²) < 4.78 is 0. The van der Waals surface area contributed by atoms with Crippen LogP contribution < -0.4 is 76.1 Å². The van der Waals surface area contributed by atoms with E-state index in [1.54, 1.807) is 58.0 Å². The molecule has 0 spiro atoms. The van der Waals surface area contributed by atoms with Gasteiger partial charge in [0, 0.05) is 12.1 Å². The van der Waals surface area contributed by atoms with Crippen LogP contribution in [0.15, 0.2) is 42.5 Å². The molecule has 0 bridgehead atoms. The molecule has 1 fully saturated rings. The number of hydrogen-bond donors (Lipinski definition) is 16. The molecule has 1 heterocycles. The van der Waals surface area contributed by atoms with Crippen LogP contribution in [0.2, 0.25) is 0 Å². The lowest BCUT2D eigenvalue weighted by molar-refractivity contribution is -0.136. The number of rotatable bonds is 20. The number of aliphatic hydroxyl groups is 2. The van der Waals surface area contributed by atoms with Gasteiger partial charge < -0.3 is 86.3 Å². The Bertz CT molecular complexity index is 2360. The first-order valence-corrected chi connectivity index (χ1v) is 26.1. The van der Waals surface area contributed by atoms with Crippen molar-refractivity contribution in [2.45, 2.75) is 153 Å². The molecule has 10 amide bonds. The van der Waals surface area contributed by atoms with Crippen molar-refractivity contribution in [2.24, 2.45) is 34.8 Å². The van der Waals surface area contributed by atoms with E-state index >= 15 is 0 Å². The first-order valence-electron chi connectivity index (χ1n) is 26.1. The molecule has 2 aromatic rings. The number of carbonyl (C=O) groups is 10. The summed E-state index contributed by atoms with van der Waals surface area (Å²) in [5.41, 5.74) is 23.6. The fourth-order valence-corrected chi connectivity index (χ4v) is 8.38. The van der Waals surface area contributed by atoms with Crippen molar-refractivity contribution in [3.05, 3.63) is 48.0 Å². The Balaban J connectivity index is 0.0000208. The molecule has 1 aliphatic heterocycles. The van der Waals surface area contributed by atoms with E-state index in [1.807, 2.05) is 12.1 Å². The lowest BCUT2D eigenvalue weighted by Gasteiger charge is -2.29. The van der Waals surface area contributed by atoms with E-state index < -0.39 is 139 Å². The summed E-state index contributed by atoms with van der Waals surface area (Å²) in [5.74, 6) is -9.19. The molecule has 11 unspecified atom stereocenters. The van der Waals surface area contributed by atoms with E-state index in [2.05, 4.69) is 53.2 Å². The molecule has 2 aromatic carbocycles. The van der Waals surface area contributed by atoms with E-state index in [-0.39, 0.29) is 94.5 Å². The predicted octanol–water partition coefficient (Wildman–Crippen LogP) is -3.99. The van der Waals surface area contributed by atoms with Gasteiger partial charge in [-0.05, 0) is 120 Å². The Morgan fingerprint density at radius 2 is 1.04 bits per heavy atom. The van der Waals surface area contributed by atoms with Gasteiger partial charge >= 0.3 is 0 Å². The fraction of sp³-hybridized carbons (Fsp3) is 0.608. The van der Waals surface area contributed by atoms with Crippen LogP contribution in [0.4, 0.5) is 0 Å². The second-order valence-corrected chi connectivity index (χ2v) is 20.1. The Morgan fingerprint density at radius 1 is 0.577 bits per heavy atom. The monoisotopic (exact) mass is 1120 g/mol. The summed E-state index contributed by atoms with van der Waals surface area (Å²) >= 11 is 0. The largest absolute Gasteiger partial charge is 0.391 e. The SMILES string of the molecule is CC(C)CC1NC(=O)C(CCN)NC(=O)C(NC(=O)C(CCN)NC(=O)C(NC(=O)c2ccc3ccccc3c2)C(C)O)CCNC(=O)C(C(C)O)NC(=O)C(CCN)NC(=O)C(CCN)NC(=O)C(CC(C)C)NC1=O.Cl. The zero-order valence-corrected chi connectivity index (χ0v) is 46.0. The summed E-state index contributed by atoms with van der Waals surface area (Å²) in [6.45, 7) is 8.65. The van der Waals surface area contributed by atoms with Gasteiger partial charge in [0.2, 0.25) is 53.2 Å². The zero-order chi connectivity index (χ0) is 57.5. The van der Waals surface area contributed by atoms with Gasteiger partial charge in [0.05, 0.1) is 12.2 Å². The predicted molar refractivity (Wildman–Crippen MR) is 292 cm³/mol. The maximum atomic E-state index is 14.4. The average Bonchev–Trinajstić information content (AvgIpc) is 3.37. The normalized spacial score (nSPS) is 23.1. The van der Waals surface area contributed by atoms with Gasteiger partial charge in [-0.15, -0.1) is 12.4 Å². The number of hydrogen-bond acceptors (Lipinski definition) is 16. The van der Waals surface area contributed by atoms with Crippen molar-refractivity contribution in [1.29, 1.82) is 0 Å². The molecule has 0 saturated carbocycles. The van der Waals surface area contributed by atoms with Crippen LogP contribution in [0.5, 0.6) is 0 Å². The van der Waals surface area contributed by atoms with Crippen molar-refractivity contribution >= 4 is 82.3 Å². The third kappa shape index (κ3) is 21.4. The minimum Gasteiger partial charge on any atom is -0.391 e. The molecule has 0 radical (unpaired) electrons. The van der Waals surface area contributed by atoms with Crippen LogP contribution >= 0.6 is 12.4 Å². The second-order valence-electron chi connectivity index (χ2n) is 20.1. The molecule has 436 valence electrons. The van der Waals surface area contributed by atoms with Gasteiger partial charge in [-0.1, -0.05) is 58.0 Å². The van der Waals surface area contributed by atoms with Crippen molar-refractivity contribution < 1.29 is 58.2 Å². The quantitative estimate of drug-likeness (QED) is 0.0601. The molecule has 3 rings (SSSR count). The lowest BCUT2D eigenvalue weighted by Crippen LogP contribution is -2.61. The molecule has 20 N–H and O–H groups in total. The number of halogens is 1. The molecule has 26 nitrogen and oxygen atoms in total. The number of fused-ring (bicyclic) bond motifs is 1. The molecule has 0 aliphatic carbocycles. The summed E-state index contributed by atoms with van der Waals surface area (Å²) in [7, 11) is 0. The van der Waals surface area contributed by atoms with Crippen LogP contribution in [0.1, 0.15) is 96.8 Å². The van der Waals surface area contributed by atoms with Crippen LogP contribution in [0.25, 0.3) is 10.8 Å². The first-order chi connectivity index (χ1) is 36.4. The molecular weight excluding hydrogens is 1040 g/mol. The van der Waals surface area contributed by atoms with Gasteiger partial charge in [0.15, 0.2) is 0 Å². The van der Waals surface area contributed by atoms with Crippen molar-refractivity contribution in [1.82, 2.24) is 53.2 Å². The summed E-state index contributed by atoms with van der Waals surface area (Å²) in [6.07, 6.45) is -3.97. The molecular formula is C51H83ClN14O12. The first kappa shape index (κ1) is 67.6. The maximum Gasteiger partial charge on any atom is 0.252 e. The molecule has 11 atom stereocenters. The van der Waals surface area contributed by atoms with Crippen molar-refractivity contribution in [3.63, 3.8) is 0 Å². The molecule has 27 heteroatoms. The number of carbonyl (C=O) groups excluding carboxylic acids is 10. The Hall–Kier alpha value is -6.55. The van der Waals surface area contributed by atoms with E-state index in [0.29, 0.717) is 0 Å². The van der Waals surface area contributed by atoms with Crippen LogP contribution in [-0.2, 0) is 43.2 Å². The maximum absolute atomic E-state index is 14.4. The van der Waals surface area contributed by atoms with E-state index in [0.717, 1.165) is 10.8 Å². The number of aliphatic hydroxyl groups excluding tert-OH is 2. The Kier molecular flexibility index (Phi) is 29.2. The van der Waals surface area contributed by atoms with E-state index in [9.17, 15) is 58.2 Å². The van der Waals surface area contributed by atoms with Gasteiger partial charge in [-0.25, -0.2) is 0 Å². The van der Waals surface area contributed by atoms with Gasteiger partial charge in [-0.2, -0.15) is 0 Å². The minimum atomic E-state index is -1.66. The smallest absolute Gasteiger partial charge is 0.252 e. The van der Waals surface area contributed by atoms with Crippen molar-refractivity contribution in [2.75, 3.05) is 32.7 Å². The van der Waals surface area contributed by atoms with E-state index in [4.69, 9.17) is 22.9 Å². The second kappa shape index (κ2) is 33.7. The van der Waals surface area contributed by atoms with Gasteiger partial charge in [-0.3, -0.25) is 47.9 Å². The number of benzene rings is 2. The van der Waals surface area contributed by atoms with Gasteiger partial charge in [0.1, 0.15) is 54.4 Å². The standard InChI is InChI=1S/C51H82N14O12.ClH/c1-26(2)23-38-48(74)59-33(13-18-52)43(69)58-36(16-21-55)47(73)65-40(28(5)66)50(76)56-22-17-37(46(72)57-34(14-19-53)45(71)62-39(24-27(3)4)49(75)63-38)60-44(70)35(15-20-54)61-51(77)41(29(6)67)64-42(68)32-12-11-30-9-7-8-10-31(30)25-32;/h7-12,25-29,33-41,66-67H,13-24,52-55H2,1-6H3,(H,56,76)(H,57,72)(H,58,69)(H,59,74)(H,60,70)(H,61,77)(H,62,71)(H,63,75)(H,64,68)(H,65,73);1H. The Morgan fingerprint density at radius 3 is 1.50 bits per heavy atom.